The Balaban J connectivity index is 1.95. The molecule has 2 heterocycles. The molecule has 0 radical (unpaired) electrons. The Morgan fingerprint density at radius 2 is 2.05 bits per heavy atom. The van der Waals surface area contributed by atoms with Crippen LogP contribution in [0.4, 0.5) is 5.13 Å². The number of thiazole rings is 1. The van der Waals surface area contributed by atoms with E-state index in [9.17, 15) is 4.79 Å². The molecule has 0 fully saturated rings. The van der Waals surface area contributed by atoms with Crippen molar-refractivity contribution < 1.29 is 4.79 Å². The monoisotopic (exact) mass is 288 g/mol. The normalized spacial score (nSPS) is 10.8. The van der Waals surface area contributed by atoms with Gasteiger partial charge in [0.15, 0.2) is 5.13 Å². The van der Waals surface area contributed by atoms with Gasteiger partial charge in [0, 0.05) is 10.1 Å². The van der Waals surface area contributed by atoms with Crippen LogP contribution in [0.15, 0.2) is 29.6 Å². The minimum Gasteiger partial charge on any atom is -0.297 e. The Bertz CT molecular complexity index is 758. The number of nitrogens with zero attached hydrogens (tertiary/aromatic N) is 1. The second-order valence-corrected chi connectivity index (χ2v) is 6.21. The number of hydrogen-bond acceptors (Lipinski definition) is 4. The van der Waals surface area contributed by atoms with Crippen LogP contribution in [0, 0.1) is 13.8 Å². The molecule has 1 amide bonds. The van der Waals surface area contributed by atoms with E-state index in [0.29, 0.717) is 5.13 Å². The molecule has 5 heteroatoms. The number of carbonyl (C=O) groups is 1. The summed E-state index contributed by atoms with van der Waals surface area (Å²) in [7, 11) is 0. The van der Waals surface area contributed by atoms with Crippen LogP contribution in [-0.4, -0.2) is 10.9 Å². The Hall–Kier alpha value is -1.72. The summed E-state index contributed by atoms with van der Waals surface area (Å²) in [6.07, 6.45) is 0. The van der Waals surface area contributed by atoms with Gasteiger partial charge < -0.3 is 0 Å². The van der Waals surface area contributed by atoms with E-state index in [0.717, 1.165) is 26.2 Å². The average molecular weight is 288 g/mol. The standard InChI is InChI=1S/C14H12N2OS2/c1-8-7-18-14(15-8)16-13(17)12-9(2)10-5-3-4-6-11(10)19-12/h3-7H,1-2H3,(H,15,16,17). The summed E-state index contributed by atoms with van der Waals surface area (Å²) in [5.74, 6) is -0.0759. The molecule has 3 nitrogen and oxygen atoms in total. The van der Waals surface area contributed by atoms with Gasteiger partial charge >= 0.3 is 0 Å². The van der Waals surface area contributed by atoms with Gasteiger partial charge in [-0.1, -0.05) is 18.2 Å². The SMILES string of the molecule is Cc1csc(NC(=O)c2sc3ccccc3c2C)n1. The summed E-state index contributed by atoms with van der Waals surface area (Å²) in [5.41, 5.74) is 1.96. The Morgan fingerprint density at radius 1 is 1.26 bits per heavy atom. The summed E-state index contributed by atoms with van der Waals surface area (Å²) in [6.45, 7) is 3.90. The summed E-state index contributed by atoms with van der Waals surface area (Å²) in [4.78, 5) is 17.3. The lowest BCUT2D eigenvalue weighted by Gasteiger charge is -1.99. The van der Waals surface area contributed by atoms with E-state index in [1.807, 2.05) is 43.5 Å². The van der Waals surface area contributed by atoms with Crippen molar-refractivity contribution >= 4 is 43.8 Å². The second-order valence-electron chi connectivity index (χ2n) is 4.30. The molecule has 0 saturated carbocycles. The second kappa shape index (κ2) is 4.75. The zero-order valence-corrected chi connectivity index (χ0v) is 12.2. The van der Waals surface area contributed by atoms with Gasteiger partial charge in [0.25, 0.3) is 5.91 Å². The van der Waals surface area contributed by atoms with Gasteiger partial charge in [0.05, 0.1) is 10.6 Å². The average Bonchev–Trinajstić information content (AvgIpc) is 2.94. The highest BCUT2D eigenvalue weighted by Crippen LogP contribution is 2.31. The third kappa shape index (κ3) is 2.27. The largest absolute Gasteiger partial charge is 0.297 e. The van der Waals surface area contributed by atoms with Crippen molar-refractivity contribution in [1.29, 1.82) is 0 Å². The molecule has 0 saturated heterocycles. The fraction of sp³-hybridized carbons (Fsp3) is 0.143. The number of aromatic nitrogens is 1. The third-order valence-corrected chi connectivity index (χ3v) is 5.04. The minimum absolute atomic E-state index is 0.0759. The Morgan fingerprint density at radius 3 is 2.74 bits per heavy atom. The van der Waals surface area contributed by atoms with E-state index in [-0.39, 0.29) is 5.91 Å². The van der Waals surface area contributed by atoms with Crippen LogP contribution >= 0.6 is 22.7 Å². The maximum atomic E-state index is 12.3. The fourth-order valence-corrected chi connectivity index (χ4v) is 3.74. The first-order valence-electron chi connectivity index (χ1n) is 5.87. The molecule has 19 heavy (non-hydrogen) atoms. The Labute approximate surface area is 118 Å². The van der Waals surface area contributed by atoms with Crippen LogP contribution in [0.3, 0.4) is 0 Å². The first kappa shape index (κ1) is 12.3. The highest BCUT2D eigenvalue weighted by atomic mass is 32.1. The van der Waals surface area contributed by atoms with E-state index in [4.69, 9.17) is 0 Å². The van der Waals surface area contributed by atoms with Gasteiger partial charge in [0.1, 0.15) is 0 Å². The van der Waals surface area contributed by atoms with Crippen molar-refractivity contribution in [1.82, 2.24) is 4.98 Å². The smallest absolute Gasteiger partial charge is 0.267 e. The van der Waals surface area contributed by atoms with Crippen LogP contribution in [0.25, 0.3) is 10.1 Å². The van der Waals surface area contributed by atoms with Crippen LogP contribution in [0.1, 0.15) is 20.9 Å². The molecule has 0 aliphatic heterocycles. The number of aryl methyl sites for hydroxylation is 2. The number of carbonyl (C=O) groups excluding carboxylic acids is 1. The van der Waals surface area contributed by atoms with Crippen LogP contribution < -0.4 is 5.32 Å². The van der Waals surface area contributed by atoms with E-state index in [1.54, 1.807) is 0 Å². The molecule has 0 aliphatic rings. The molecule has 0 aliphatic carbocycles. The first-order chi connectivity index (χ1) is 9.15. The molecule has 0 spiro atoms. The van der Waals surface area contributed by atoms with Gasteiger partial charge in [-0.2, -0.15) is 0 Å². The number of amides is 1. The lowest BCUT2D eigenvalue weighted by Crippen LogP contribution is -2.11. The molecule has 3 rings (SSSR count). The van der Waals surface area contributed by atoms with Crippen molar-refractivity contribution in [2.45, 2.75) is 13.8 Å². The van der Waals surface area contributed by atoms with Gasteiger partial charge in [-0.05, 0) is 30.9 Å². The molecule has 3 aromatic rings. The topological polar surface area (TPSA) is 42.0 Å². The van der Waals surface area contributed by atoms with E-state index >= 15 is 0 Å². The van der Waals surface area contributed by atoms with Crippen LogP contribution in [0.2, 0.25) is 0 Å². The molecule has 1 aromatic carbocycles. The van der Waals surface area contributed by atoms with E-state index in [1.165, 1.54) is 22.7 Å². The van der Waals surface area contributed by atoms with Crippen LogP contribution in [-0.2, 0) is 0 Å². The highest BCUT2D eigenvalue weighted by Gasteiger charge is 2.16. The first-order valence-corrected chi connectivity index (χ1v) is 7.56. The molecular weight excluding hydrogens is 276 g/mol. The van der Waals surface area contributed by atoms with Gasteiger partial charge in [-0.3, -0.25) is 10.1 Å². The third-order valence-electron chi connectivity index (χ3n) is 2.89. The van der Waals surface area contributed by atoms with Gasteiger partial charge in [-0.25, -0.2) is 4.98 Å². The van der Waals surface area contributed by atoms with E-state index < -0.39 is 0 Å². The maximum absolute atomic E-state index is 12.3. The zero-order chi connectivity index (χ0) is 13.4. The quantitative estimate of drug-likeness (QED) is 0.767. The number of rotatable bonds is 2. The molecule has 0 atom stereocenters. The number of fused-ring (bicyclic) bond motifs is 1. The minimum atomic E-state index is -0.0759. The van der Waals surface area contributed by atoms with Gasteiger partial charge in [-0.15, -0.1) is 22.7 Å². The van der Waals surface area contributed by atoms with Gasteiger partial charge in [0.2, 0.25) is 0 Å². The van der Waals surface area contributed by atoms with Crippen LogP contribution in [0.5, 0.6) is 0 Å². The number of thiophene rings is 1. The predicted octanol–water partition coefficient (Wildman–Crippen LogP) is 4.23. The summed E-state index contributed by atoms with van der Waals surface area (Å²) >= 11 is 2.97. The summed E-state index contributed by atoms with van der Waals surface area (Å²) in [5, 5.41) is 6.58. The molecule has 0 bridgehead atoms. The number of anilines is 1. The maximum Gasteiger partial charge on any atom is 0.267 e. The summed E-state index contributed by atoms with van der Waals surface area (Å²) < 4.78 is 1.14. The summed E-state index contributed by atoms with van der Waals surface area (Å²) in [6, 6.07) is 8.07. The predicted molar refractivity (Wildman–Crippen MR) is 81.4 cm³/mol. The molecule has 96 valence electrons. The zero-order valence-electron chi connectivity index (χ0n) is 10.6. The van der Waals surface area contributed by atoms with E-state index in [2.05, 4.69) is 10.3 Å². The molecule has 1 N–H and O–H groups in total. The molecule has 2 aromatic heterocycles. The number of hydrogen-bond donors (Lipinski definition) is 1. The lowest BCUT2D eigenvalue weighted by atomic mass is 10.1. The molecular formula is C14H12N2OS2. The van der Waals surface area contributed by atoms with Crippen molar-refractivity contribution in [2.24, 2.45) is 0 Å². The lowest BCUT2D eigenvalue weighted by molar-refractivity contribution is 0.103. The fourth-order valence-electron chi connectivity index (χ4n) is 1.96. The van der Waals surface area contributed by atoms with Crippen molar-refractivity contribution in [3.8, 4) is 0 Å². The van der Waals surface area contributed by atoms with Crippen molar-refractivity contribution in [3.63, 3.8) is 0 Å². The van der Waals surface area contributed by atoms with Crippen molar-refractivity contribution in [2.75, 3.05) is 5.32 Å². The number of nitrogens with one attached hydrogen (secondary N) is 1. The Kier molecular flexibility index (Phi) is 3.08. The van der Waals surface area contributed by atoms with Crippen molar-refractivity contribution in [3.05, 3.63) is 45.8 Å². The highest BCUT2D eigenvalue weighted by molar-refractivity contribution is 7.21. The molecule has 0 unspecified atom stereocenters. The number of benzene rings is 1.